The van der Waals surface area contributed by atoms with Crippen molar-refractivity contribution in [1.82, 2.24) is 5.32 Å². The van der Waals surface area contributed by atoms with Crippen molar-refractivity contribution < 1.29 is 0 Å². The van der Waals surface area contributed by atoms with Gasteiger partial charge in [-0.1, -0.05) is 23.8 Å². The van der Waals surface area contributed by atoms with Crippen molar-refractivity contribution in [2.24, 2.45) is 0 Å². The lowest BCUT2D eigenvalue weighted by atomic mass is 10.0. The van der Waals surface area contributed by atoms with Crippen LogP contribution in [-0.2, 0) is 0 Å². The van der Waals surface area contributed by atoms with E-state index in [-0.39, 0.29) is 0 Å². The molecule has 3 aliphatic rings. The molecule has 2 heteroatoms. The normalized spacial score (nSPS) is 30.6. The molecule has 0 amide bonds. The third kappa shape index (κ3) is 1.60. The summed E-state index contributed by atoms with van der Waals surface area (Å²) in [6, 6.07) is 0. The maximum absolute atomic E-state index is 6.37. The van der Waals surface area contributed by atoms with Gasteiger partial charge in [0.2, 0.25) is 0 Å². The van der Waals surface area contributed by atoms with Gasteiger partial charge in [-0.05, 0) is 47.6 Å². The molecule has 0 saturated carbocycles. The number of hydrogen-bond acceptors (Lipinski definition) is 1. The van der Waals surface area contributed by atoms with Gasteiger partial charge in [-0.3, -0.25) is 0 Å². The SMILES string of the molecule is Cl/C1=C/C2=C(/C=C\C3=C1CCC3)CNC2. The molecule has 0 aromatic rings. The van der Waals surface area contributed by atoms with Crippen LogP contribution >= 0.6 is 11.6 Å². The van der Waals surface area contributed by atoms with Gasteiger partial charge >= 0.3 is 0 Å². The summed E-state index contributed by atoms with van der Waals surface area (Å²) >= 11 is 6.37. The summed E-state index contributed by atoms with van der Waals surface area (Å²) in [5, 5.41) is 4.32. The molecule has 0 radical (unpaired) electrons. The predicted molar refractivity (Wildman–Crippen MR) is 63.8 cm³/mol. The van der Waals surface area contributed by atoms with Crippen LogP contribution in [0.2, 0.25) is 0 Å². The molecule has 0 spiro atoms. The van der Waals surface area contributed by atoms with E-state index < -0.39 is 0 Å². The Kier molecular flexibility index (Phi) is 2.30. The molecule has 1 N–H and O–H groups in total. The van der Waals surface area contributed by atoms with E-state index in [0.717, 1.165) is 24.5 Å². The van der Waals surface area contributed by atoms with Gasteiger partial charge in [0.25, 0.3) is 0 Å². The fraction of sp³-hybridized carbons (Fsp3) is 0.385. The molecule has 0 unspecified atom stereocenters. The molecule has 1 aliphatic heterocycles. The molecule has 0 atom stereocenters. The Hall–Kier alpha value is -0.790. The second-order valence-electron chi connectivity index (χ2n) is 4.34. The Labute approximate surface area is 95.2 Å². The standard InChI is InChI=1S/C13H14ClN/c14-13-6-11-8-15-7-10(11)5-4-9-2-1-3-12(9)13/h4-6,15H,1-3,7-8H2/b5-4-,9-4?,10-5?,11-6?,13-6+,13-12?. The second-order valence-corrected chi connectivity index (χ2v) is 4.74. The van der Waals surface area contributed by atoms with Crippen LogP contribution in [0.15, 0.2) is 45.6 Å². The zero-order valence-corrected chi connectivity index (χ0v) is 9.40. The average Bonchev–Trinajstić information content (AvgIpc) is 2.81. The van der Waals surface area contributed by atoms with Crippen molar-refractivity contribution >= 4 is 11.6 Å². The highest BCUT2D eigenvalue weighted by atomic mass is 35.5. The lowest BCUT2D eigenvalue weighted by Crippen LogP contribution is -2.08. The number of rotatable bonds is 0. The summed E-state index contributed by atoms with van der Waals surface area (Å²) in [6.07, 6.45) is 10.3. The third-order valence-corrected chi connectivity index (χ3v) is 3.72. The second kappa shape index (κ2) is 3.66. The molecular weight excluding hydrogens is 206 g/mol. The minimum absolute atomic E-state index is 0.957. The van der Waals surface area contributed by atoms with Crippen LogP contribution in [0.4, 0.5) is 0 Å². The topological polar surface area (TPSA) is 12.0 Å². The molecular formula is C13H14ClN. The quantitative estimate of drug-likeness (QED) is 0.661. The summed E-state index contributed by atoms with van der Waals surface area (Å²) < 4.78 is 0. The van der Waals surface area contributed by atoms with Crippen LogP contribution < -0.4 is 5.32 Å². The molecule has 0 fully saturated rings. The maximum Gasteiger partial charge on any atom is 0.0444 e. The fourth-order valence-electron chi connectivity index (χ4n) is 2.53. The first-order chi connectivity index (χ1) is 7.34. The number of hydrogen-bond donors (Lipinski definition) is 1. The van der Waals surface area contributed by atoms with E-state index in [1.54, 1.807) is 0 Å². The van der Waals surface area contributed by atoms with Gasteiger partial charge in [0.05, 0.1) is 0 Å². The minimum atomic E-state index is 0.957. The molecule has 0 aromatic carbocycles. The average molecular weight is 220 g/mol. The molecule has 3 rings (SSSR count). The maximum atomic E-state index is 6.37. The Morgan fingerprint density at radius 1 is 1.00 bits per heavy atom. The first-order valence-electron chi connectivity index (χ1n) is 5.55. The van der Waals surface area contributed by atoms with Crippen LogP contribution in [0.5, 0.6) is 0 Å². The first-order valence-corrected chi connectivity index (χ1v) is 5.93. The van der Waals surface area contributed by atoms with Crippen molar-refractivity contribution in [2.75, 3.05) is 13.1 Å². The lowest BCUT2D eigenvalue weighted by Gasteiger charge is -2.07. The summed E-state index contributed by atoms with van der Waals surface area (Å²) in [5.74, 6) is 0. The van der Waals surface area contributed by atoms with Gasteiger partial charge in [0.15, 0.2) is 0 Å². The molecule has 15 heavy (non-hydrogen) atoms. The Balaban J connectivity index is 2.07. The third-order valence-electron chi connectivity index (χ3n) is 3.38. The van der Waals surface area contributed by atoms with Crippen LogP contribution in [0.25, 0.3) is 0 Å². The summed E-state index contributed by atoms with van der Waals surface area (Å²) in [4.78, 5) is 0. The van der Waals surface area contributed by atoms with E-state index in [1.165, 1.54) is 35.1 Å². The lowest BCUT2D eigenvalue weighted by molar-refractivity contribution is 0.873. The number of halogens is 1. The highest BCUT2D eigenvalue weighted by Crippen LogP contribution is 2.36. The first kappa shape index (κ1) is 9.44. The van der Waals surface area contributed by atoms with E-state index >= 15 is 0 Å². The highest BCUT2D eigenvalue weighted by Gasteiger charge is 2.19. The van der Waals surface area contributed by atoms with Crippen molar-refractivity contribution in [2.45, 2.75) is 19.3 Å². The monoisotopic (exact) mass is 219 g/mol. The van der Waals surface area contributed by atoms with Crippen molar-refractivity contribution in [3.8, 4) is 0 Å². The van der Waals surface area contributed by atoms with Gasteiger partial charge in [0, 0.05) is 18.1 Å². The molecule has 0 aromatic heterocycles. The van der Waals surface area contributed by atoms with Gasteiger partial charge in [0.1, 0.15) is 0 Å². The van der Waals surface area contributed by atoms with Gasteiger partial charge in [-0.2, -0.15) is 0 Å². The van der Waals surface area contributed by atoms with Crippen molar-refractivity contribution in [1.29, 1.82) is 0 Å². The molecule has 2 aliphatic carbocycles. The summed E-state index contributed by atoms with van der Waals surface area (Å²) in [6.45, 7) is 1.94. The van der Waals surface area contributed by atoms with Crippen LogP contribution in [0.1, 0.15) is 19.3 Å². The van der Waals surface area contributed by atoms with E-state index in [4.69, 9.17) is 11.6 Å². The zero-order valence-electron chi connectivity index (χ0n) is 8.65. The van der Waals surface area contributed by atoms with Crippen molar-refractivity contribution in [3.63, 3.8) is 0 Å². The Bertz CT molecular complexity index is 424. The van der Waals surface area contributed by atoms with E-state index in [0.29, 0.717) is 0 Å². The molecule has 1 heterocycles. The molecule has 1 nitrogen and oxygen atoms in total. The van der Waals surface area contributed by atoms with Gasteiger partial charge in [-0.25, -0.2) is 0 Å². The minimum Gasteiger partial charge on any atom is -0.309 e. The largest absolute Gasteiger partial charge is 0.309 e. The Morgan fingerprint density at radius 3 is 2.73 bits per heavy atom. The van der Waals surface area contributed by atoms with E-state index in [1.807, 2.05) is 0 Å². The highest BCUT2D eigenvalue weighted by molar-refractivity contribution is 6.32. The van der Waals surface area contributed by atoms with E-state index in [2.05, 4.69) is 23.5 Å². The van der Waals surface area contributed by atoms with Gasteiger partial charge < -0.3 is 5.32 Å². The zero-order chi connectivity index (χ0) is 10.3. The molecule has 0 bridgehead atoms. The van der Waals surface area contributed by atoms with Crippen LogP contribution in [0, 0.1) is 0 Å². The molecule has 0 saturated heterocycles. The summed E-state index contributed by atoms with van der Waals surface area (Å²) in [5.41, 5.74) is 5.56. The van der Waals surface area contributed by atoms with E-state index in [9.17, 15) is 0 Å². The number of allylic oxidation sites excluding steroid dienone is 4. The van der Waals surface area contributed by atoms with Crippen molar-refractivity contribution in [3.05, 3.63) is 45.6 Å². The fourth-order valence-corrected chi connectivity index (χ4v) is 2.88. The van der Waals surface area contributed by atoms with Crippen LogP contribution in [0.3, 0.4) is 0 Å². The smallest absolute Gasteiger partial charge is 0.0444 e. The number of nitrogens with one attached hydrogen (secondary N) is 1. The van der Waals surface area contributed by atoms with Crippen LogP contribution in [-0.4, -0.2) is 13.1 Å². The van der Waals surface area contributed by atoms with Gasteiger partial charge in [-0.15, -0.1) is 0 Å². The molecule has 78 valence electrons. The predicted octanol–water partition coefficient (Wildman–Crippen LogP) is 3.06. The summed E-state index contributed by atoms with van der Waals surface area (Å²) in [7, 11) is 0. The Morgan fingerprint density at radius 2 is 1.80 bits per heavy atom.